The van der Waals surface area contributed by atoms with Crippen LogP contribution in [0.3, 0.4) is 0 Å². The van der Waals surface area contributed by atoms with E-state index >= 15 is 0 Å². The summed E-state index contributed by atoms with van der Waals surface area (Å²) in [5, 5.41) is 19.2. The lowest BCUT2D eigenvalue weighted by Gasteiger charge is -2.11. The number of ether oxygens (including phenoxy) is 2. The van der Waals surface area contributed by atoms with Gasteiger partial charge in [-0.05, 0) is 6.92 Å². The van der Waals surface area contributed by atoms with Crippen LogP contribution in [0.4, 0.5) is 0 Å². The summed E-state index contributed by atoms with van der Waals surface area (Å²) in [5.74, 6) is 0.650. The second-order valence-electron chi connectivity index (χ2n) is 3.03. The number of aliphatic hydroxyl groups excluding tert-OH is 1. The third-order valence-corrected chi connectivity index (χ3v) is 2.33. The van der Waals surface area contributed by atoms with Gasteiger partial charge >= 0.3 is 0 Å². The van der Waals surface area contributed by atoms with Crippen LogP contribution < -0.4 is 9.47 Å². The van der Waals surface area contributed by atoms with Crippen LogP contribution in [0.25, 0.3) is 0 Å². The number of rotatable bonds is 1. The largest absolute Gasteiger partial charge is 0.506 e. The van der Waals surface area contributed by atoms with Gasteiger partial charge in [-0.15, -0.1) is 0 Å². The highest BCUT2D eigenvalue weighted by Crippen LogP contribution is 2.47. The van der Waals surface area contributed by atoms with E-state index in [2.05, 4.69) is 0 Å². The monoisotopic (exact) mass is 216 g/mol. The molecule has 2 rings (SSSR count). The summed E-state index contributed by atoms with van der Waals surface area (Å²) in [7, 11) is 0. The van der Waals surface area contributed by atoms with E-state index in [1.54, 1.807) is 0 Å². The minimum Gasteiger partial charge on any atom is -0.506 e. The van der Waals surface area contributed by atoms with Gasteiger partial charge in [-0.3, -0.25) is 0 Å². The van der Waals surface area contributed by atoms with Crippen molar-refractivity contribution >= 4 is 11.6 Å². The fourth-order valence-corrected chi connectivity index (χ4v) is 1.61. The van der Waals surface area contributed by atoms with Gasteiger partial charge in [0, 0.05) is 6.07 Å². The molecule has 1 heterocycles. The highest BCUT2D eigenvalue weighted by atomic mass is 35.5. The number of hydrogen-bond acceptors (Lipinski definition) is 4. The van der Waals surface area contributed by atoms with Crippen molar-refractivity contribution in [2.45, 2.75) is 13.0 Å². The van der Waals surface area contributed by atoms with E-state index in [0.717, 1.165) is 0 Å². The minimum atomic E-state index is -0.857. The SMILES string of the molecule is CC(O)c1c(O)c(Cl)cc2c1OCO2. The van der Waals surface area contributed by atoms with E-state index in [1.165, 1.54) is 13.0 Å². The van der Waals surface area contributed by atoms with Crippen molar-refractivity contribution in [3.63, 3.8) is 0 Å². The first-order valence-electron chi connectivity index (χ1n) is 4.10. The smallest absolute Gasteiger partial charge is 0.231 e. The molecule has 0 saturated heterocycles. The molecule has 0 saturated carbocycles. The van der Waals surface area contributed by atoms with E-state index in [0.29, 0.717) is 11.5 Å². The van der Waals surface area contributed by atoms with Gasteiger partial charge < -0.3 is 19.7 Å². The highest BCUT2D eigenvalue weighted by molar-refractivity contribution is 6.32. The maximum absolute atomic E-state index is 9.60. The lowest BCUT2D eigenvalue weighted by Crippen LogP contribution is -1.97. The van der Waals surface area contributed by atoms with Crippen LogP contribution in [0.15, 0.2) is 6.07 Å². The number of aromatic hydroxyl groups is 1. The van der Waals surface area contributed by atoms with Crippen molar-refractivity contribution in [3.05, 3.63) is 16.7 Å². The fourth-order valence-electron chi connectivity index (χ4n) is 1.41. The van der Waals surface area contributed by atoms with Gasteiger partial charge in [0.05, 0.1) is 16.7 Å². The van der Waals surface area contributed by atoms with E-state index < -0.39 is 6.10 Å². The summed E-state index contributed by atoms with van der Waals surface area (Å²) in [5.41, 5.74) is 0.269. The standard InChI is InChI=1S/C9H9ClO4/c1-4(11)7-8(12)5(10)2-6-9(7)14-3-13-6/h2,4,11-12H,3H2,1H3. The first kappa shape index (κ1) is 9.43. The molecule has 1 aliphatic rings. The Labute approximate surface area is 85.6 Å². The third kappa shape index (κ3) is 1.27. The molecule has 14 heavy (non-hydrogen) atoms. The Bertz CT molecular complexity index is 376. The molecule has 5 heteroatoms. The Hall–Kier alpha value is -1.13. The van der Waals surface area contributed by atoms with E-state index in [-0.39, 0.29) is 23.1 Å². The van der Waals surface area contributed by atoms with Crippen LogP contribution in [0.5, 0.6) is 17.2 Å². The molecule has 4 nitrogen and oxygen atoms in total. The molecule has 0 bridgehead atoms. The number of phenolic OH excluding ortho intramolecular Hbond substituents is 1. The van der Waals surface area contributed by atoms with Crippen LogP contribution in [0.1, 0.15) is 18.6 Å². The fraction of sp³-hybridized carbons (Fsp3) is 0.333. The molecule has 0 aliphatic carbocycles. The van der Waals surface area contributed by atoms with Crippen LogP contribution >= 0.6 is 11.6 Å². The molecule has 1 aromatic carbocycles. The number of hydrogen-bond donors (Lipinski definition) is 2. The van der Waals surface area contributed by atoms with Gasteiger partial charge in [-0.1, -0.05) is 11.6 Å². The molecule has 1 atom stereocenters. The maximum Gasteiger partial charge on any atom is 0.231 e. The molecule has 0 fully saturated rings. The number of halogens is 1. The normalized spacial score (nSPS) is 15.6. The second-order valence-corrected chi connectivity index (χ2v) is 3.44. The molecule has 0 spiro atoms. The molecule has 1 aromatic rings. The Balaban J connectivity index is 2.66. The molecule has 1 aliphatic heterocycles. The lowest BCUT2D eigenvalue weighted by molar-refractivity contribution is 0.163. The zero-order valence-corrected chi connectivity index (χ0v) is 8.21. The van der Waals surface area contributed by atoms with Gasteiger partial charge in [-0.25, -0.2) is 0 Å². The summed E-state index contributed by atoms with van der Waals surface area (Å²) >= 11 is 5.74. The first-order chi connectivity index (χ1) is 6.61. The van der Waals surface area contributed by atoms with Crippen molar-refractivity contribution in [2.75, 3.05) is 6.79 Å². The predicted octanol–water partition coefficient (Wildman–Crippen LogP) is 1.83. The van der Waals surface area contributed by atoms with Gasteiger partial charge in [-0.2, -0.15) is 0 Å². The summed E-state index contributed by atoms with van der Waals surface area (Å²) in [6, 6.07) is 1.46. The van der Waals surface area contributed by atoms with Gasteiger partial charge in [0.1, 0.15) is 5.75 Å². The molecule has 76 valence electrons. The molecule has 0 aromatic heterocycles. The quantitative estimate of drug-likeness (QED) is 0.752. The third-order valence-electron chi connectivity index (χ3n) is 2.04. The van der Waals surface area contributed by atoms with E-state index in [4.69, 9.17) is 21.1 Å². The van der Waals surface area contributed by atoms with Crippen LogP contribution in [-0.4, -0.2) is 17.0 Å². The Morgan fingerprint density at radius 1 is 1.50 bits per heavy atom. The summed E-state index contributed by atoms with van der Waals surface area (Å²) in [6.07, 6.45) is -0.857. The predicted molar refractivity (Wildman–Crippen MR) is 49.9 cm³/mol. The average Bonchev–Trinajstić information content (AvgIpc) is 2.52. The van der Waals surface area contributed by atoms with Crippen LogP contribution in [0.2, 0.25) is 5.02 Å². The maximum atomic E-state index is 9.60. The van der Waals surface area contributed by atoms with Crippen molar-refractivity contribution < 1.29 is 19.7 Å². The zero-order valence-electron chi connectivity index (χ0n) is 7.45. The zero-order chi connectivity index (χ0) is 10.3. The highest BCUT2D eigenvalue weighted by Gasteiger charge is 2.26. The summed E-state index contributed by atoms with van der Waals surface area (Å²) < 4.78 is 10.2. The molecule has 0 amide bonds. The van der Waals surface area contributed by atoms with Crippen molar-refractivity contribution in [1.29, 1.82) is 0 Å². The lowest BCUT2D eigenvalue weighted by atomic mass is 10.1. The van der Waals surface area contributed by atoms with Gasteiger partial charge in [0.2, 0.25) is 6.79 Å². The van der Waals surface area contributed by atoms with E-state index in [9.17, 15) is 10.2 Å². The van der Waals surface area contributed by atoms with Crippen molar-refractivity contribution in [3.8, 4) is 17.2 Å². The Kier molecular flexibility index (Phi) is 2.17. The molecule has 1 unspecified atom stereocenters. The van der Waals surface area contributed by atoms with Crippen molar-refractivity contribution in [2.24, 2.45) is 0 Å². The molecule has 2 N–H and O–H groups in total. The topological polar surface area (TPSA) is 58.9 Å². The van der Waals surface area contributed by atoms with Crippen molar-refractivity contribution in [1.82, 2.24) is 0 Å². The summed E-state index contributed by atoms with van der Waals surface area (Å²) in [6.45, 7) is 1.60. The number of aliphatic hydroxyl groups is 1. The number of fused-ring (bicyclic) bond motifs is 1. The van der Waals surface area contributed by atoms with Crippen LogP contribution in [-0.2, 0) is 0 Å². The molecular weight excluding hydrogens is 208 g/mol. The summed E-state index contributed by atoms with van der Waals surface area (Å²) in [4.78, 5) is 0. The minimum absolute atomic E-state index is 0.0782. The second kappa shape index (κ2) is 3.22. The van der Waals surface area contributed by atoms with E-state index in [1.807, 2.05) is 0 Å². The van der Waals surface area contributed by atoms with Gasteiger partial charge in [0.25, 0.3) is 0 Å². The Morgan fingerprint density at radius 2 is 2.21 bits per heavy atom. The first-order valence-corrected chi connectivity index (χ1v) is 4.48. The molecular formula is C9H9ClO4. The number of phenols is 1. The van der Waals surface area contributed by atoms with Gasteiger partial charge in [0.15, 0.2) is 11.5 Å². The number of benzene rings is 1. The molecule has 0 radical (unpaired) electrons. The average molecular weight is 217 g/mol. The Morgan fingerprint density at radius 3 is 2.86 bits per heavy atom. The van der Waals surface area contributed by atoms with Crippen LogP contribution in [0, 0.1) is 0 Å².